The van der Waals surface area contributed by atoms with Crippen molar-refractivity contribution in [2.45, 2.75) is 19.8 Å². The lowest BCUT2D eigenvalue weighted by Crippen LogP contribution is -2.15. The Balaban J connectivity index is 2.10. The third-order valence-electron chi connectivity index (χ3n) is 3.78. The monoisotopic (exact) mass is 378 g/mol. The number of hydrogen-bond acceptors (Lipinski definition) is 6. The summed E-state index contributed by atoms with van der Waals surface area (Å²) in [5.41, 5.74) is 7.31. The Labute approximate surface area is 163 Å². The molecule has 2 aromatic rings. The molecule has 0 atom stereocenters. The summed E-state index contributed by atoms with van der Waals surface area (Å²) in [7, 11) is 0. The van der Waals surface area contributed by atoms with E-state index in [1.807, 2.05) is 13.0 Å². The van der Waals surface area contributed by atoms with Gasteiger partial charge in [0.1, 0.15) is 11.6 Å². The summed E-state index contributed by atoms with van der Waals surface area (Å²) in [6, 6.07) is 15.1. The summed E-state index contributed by atoms with van der Waals surface area (Å²) in [6.07, 6.45) is 2.96. The molecular formula is C21H22N4O3. The molecule has 7 heteroatoms. The summed E-state index contributed by atoms with van der Waals surface area (Å²) in [4.78, 5) is 24.5. The van der Waals surface area contributed by atoms with Gasteiger partial charge < -0.3 is 21.1 Å². The molecule has 2 rings (SSSR count). The van der Waals surface area contributed by atoms with Crippen molar-refractivity contribution in [3.05, 3.63) is 65.9 Å². The van der Waals surface area contributed by atoms with Crippen LogP contribution >= 0.6 is 0 Å². The van der Waals surface area contributed by atoms with Gasteiger partial charge >= 0.3 is 5.97 Å². The summed E-state index contributed by atoms with van der Waals surface area (Å²) >= 11 is 0. The zero-order valence-corrected chi connectivity index (χ0v) is 15.6. The zero-order chi connectivity index (χ0) is 20.4. The van der Waals surface area contributed by atoms with Crippen molar-refractivity contribution >= 4 is 28.9 Å². The summed E-state index contributed by atoms with van der Waals surface area (Å²) in [5, 5.41) is 14.7. The van der Waals surface area contributed by atoms with E-state index in [-0.39, 0.29) is 5.57 Å². The maximum Gasteiger partial charge on any atom is 0.340 e. The predicted molar refractivity (Wildman–Crippen MR) is 108 cm³/mol. The molecule has 0 heterocycles. The maximum absolute atomic E-state index is 12.3. The van der Waals surface area contributed by atoms with Gasteiger partial charge in [-0.2, -0.15) is 5.26 Å². The Bertz CT molecular complexity index is 899. The maximum atomic E-state index is 12.3. The first-order valence-electron chi connectivity index (χ1n) is 8.85. The van der Waals surface area contributed by atoms with Crippen molar-refractivity contribution < 1.29 is 14.3 Å². The summed E-state index contributed by atoms with van der Waals surface area (Å²) in [5.74, 6) is -1.04. The van der Waals surface area contributed by atoms with Crippen LogP contribution < -0.4 is 16.4 Å². The van der Waals surface area contributed by atoms with Crippen LogP contribution in [-0.2, 0) is 9.53 Å². The van der Waals surface area contributed by atoms with Crippen molar-refractivity contribution in [3.8, 4) is 6.07 Å². The fourth-order valence-electron chi connectivity index (χ4n) is 2.24. The SMILES string of the molecule is CCCCOC(=O)c1ccccc1N/C=C(/C#N)C(=O)Nc1ccc(N)cc1. The van der Waals surface area contributed by atoms with Crippen LogP contribution in [0.25, 0.3) is 0 Å². The van der Waals surface area contributed by atoms with Crippen LogP contribution in [0.1, 0.15) is 30.1 Å². The van der Waals surface area contributed by atoms with Gasteiger partial charge in [-0.05, 0) is 42.8 Å². The standard InChI is InChI=1S/C21H22N4O3/c1-2-3-12-28-21(27)18-6-4-5-7-19(18)24-14-15(13-22)20(26)25-17-10-8-16(23)9-11-17/h4-11,14,24H,2-3,12,23H2,1H3,(H,25,26)/b15-14-. The van der Waals surface area contributed by atoms with Gasteiger partial charge in [0.2, 0.25) is 0 Å². The Hall–Kier alpha value is -3.79. The molecule has 7 nitrogen and oxygen atoms in total. The molecule has 4 N–H and O–H groups in total. The van der Waals surface area contributed by atoms with Crippen molar-refractivity contribution in [2.75, 3.05) is 23.0 Å². The van der Waals surface area contributed by atoms with Crippen LogP contribution in [0.2, 0.25) is 0 Å². The van der Waals surface area contributed by atoms with E-state index < -0.39 is 11.9 Å². The van der Waals surface area contributed by atoms with Gasteiger partial charge in [0.25, 0.3) is 5.91 Å². The van der Waals surface area contributed by atoms with Gasteiger partial charge in [0.15, 0.2) is 0 Å². The second-order valence-electron chi connectivity index (χ2n) is 5.93. The van der Waals surface area contributed by atoms with Crippen LogP contribution in [0.4, 0.5) is 17.1 Å². The smallest absolute Gasteiger partial charge is 0.340 e. The molecule has 0 spiro atoms. The number of nitrogens with two attached hydrogens (primary N) is 1. The lowest BCUT2D eigenvalue weighted by atomic mass is 10.1. The normalized spacial score (nSPS) is 10.6. The van der Waals surface area contributed by atoms with E-state index in [1.54, 1.807) is 48.5 Å². The lowest BCUT2D eigenvalue weighted by molar-refractivity contribution is -0.112. The van der Waals surface area contributed by atoms with Gasteiger partial charge in [-0.3, -0.25) is 4.79 Å². The van der Waals surface area contributed by atoms with E-state index in [2.05, 4.69) is 10.6 Å². The van der Waals surface area contributed by atoms with Crippen LogP contribution in [0.3, 0.4) is 0 Å². The number of nitrogens with one attached hydrogen (secondary N) is 2. The molecule has 1 amide bonds. The van der Waals surface area contributed by atoms with Gasteiger partial charge in [-0.15, -0.1) is 0 Å². The molecule has 0 aliphatic rings. The van der Waals surface area contributed by atoms with Crippen LogP contribution in [-0.4, -0.2) is 18.5 Å². The van der Waals surface area contributed by atoms with E-state index in [1.165, 1.54) is 6.20 Å². The summed E-state index contributed by atoms with van der Waals surface area (Å²) in [6.45, 7) is 2.35. The van der Waals surface area contributed by atoms with Gasteiger partial charge in [-0.25, -0.2) is 4.79 Å². The lowest BCUT2D eigenvalue weighted by Gasteiger charge is -2.10. The number of para-hydroxylation sites is 1. The minimum atomic E-state index is -0.581. The number of unbranched alkanes of at least 4 members (excludes halogenated alkanes) is 1. The molecule has 0 unspecified atom stereocenters. The highest BCUT2D eigenvalue weighted by molar-refractivity contribution is 6.07. The molecule has 0 saturated heterocycles. The van der Waals surface area contributed by atoms with E-state index in [4.69, 9.17) is 10.5 Å². The Morgan fingerprint density at radius 2 is 1.89 bits per heavy atom. The van der Waals surface area contributed by atoms with Crippen molar-refractivity contribution in [2.24, 2.45) is 0 Å². The molecule has 28 heavy (non-hydrogen) atoms. The molecule has 0 aliphatic carbocycles. The Kier molecular flexibility index (Phi) is 7.61. The van der Waals surface area contributed by atoms with Gasteiger partial charge in [0.05, 0.1) is 17.9 Å². The van der Waals surface area contributed by atoms with Crippen molar-refractivity contribution in [1.29, 1.82) is 5.26 Å². The molecule has 0 saturated carbocycles. The second kappa shape index (κ2) is 10.4. The number of esters is 1. The molecular weight excluding hydrogens is 356 g/mol. The highest BCUT2D eigenvalue weighted by atomic mass is 16.5. The molecule has 0 bridgehead atoms. The molecule has 0 fully saturated rings. The average Bonchev–Trinajstić information content (AvgIpc) is 2.70. The quantitative estimate of drug-likeness (QED) is 0.212. The Morgan fingerprint density at radius 3 is 2.57 bits per heavy atom. The first kappa shape index (κ1) is 20.5. The minimum absolute atomic E-state index is 0.147. The largest absolute Gasteiger partial charge is 0.462 e. The third kappa shape index (κ3) is 5.88. The predicted octanol–water partition coefficient (Wildman–Crippen LogP) is 3.68. The van der Waals surface area contributed by atoms with Crippen molar-refractivity contribution in [1.82, 2.24) is 0 Å². The van der Waals surface area contributed by atoms with Crippen molar-refractivity contribution in [3.63, 3.8) is 0 Å². The number of amides is 1. The van der Waals surface area contributed by atoms with E-state index >= 15 is 0 Å². The van der Waals surface area contributed by atoms with Gasteiger partial charge in [-0.1, -0.05) is 25.5 Å². The minimum Gasteiger partial charge on any atom is -0.462 e. The third-order valence-corrected chi connectivity index (χ3v) is 3.78. The molecule has 144 valence electrons. The second-order valence-corrected chi connectivity index (χ2v) is 5.93. The number of benzene rings is 2. The first-order chi connectivity index (χ1) is 13.5. The fraction of sp³-hybridized carbons (Fsp3) is 0.190. The van der Waals surface area contributed by atoms with Gasteiger partial charge in [0, 0.05) is 17.6 Å². The number of carbonyl (C=O) groups is 2. The number of anilines is 3. The number of ether oxygens (including phenoxy) is 1. The molecule has 0 aromatic heterocycles. The number of rotatable bonds is 8. The zero-order valence-electron chi connectivity index (χ0n) is 15.6. The summed E-state index contributed by atoms with van der Waals surface area (Å²) < 4.78 is 5.22. The van der Waals surface area contributed by atoms with E-state index in [9.17, 15) is 14.9 Å². The van der Waals surface area contributed by atoms with Crippen LogP contribution in [0, 0.1) is 11.3 Å². The Morgan fingerprint density at radius 1 is 1.18 bits per heavy atom. The number of nitrogens with zero attached hydrogens (tertiary/aromatic N) is 1. The van der Waals surface area contributed by atoms with E-state index in [0.29, 0.717) is 29.2 Å². The number of carbonyl (C=O) groups excluding carboxylic acids is 2. The molecule has 0 aliphatic heterocycles. The number of nitriles is 1. The molecule has 2 aromatic carbocycles. The highest BCUT2D eigenvalue weighted by Gasteiger charge is 2.13. The first-order valence-corrected chi connectivity index (χ1v) is 8.85. The molecule has 0 radical (unpaired) electrons. The fourth-order valence-corrected chi connectivity index (χ4v) is 2.24. The topological polar surface area (TPSA) is 117 Å². The van der Waals surface area contributed by atoms with E-state index in [0.717, 1.165) is 12.8 Å². The van der Waals surface area contributed by atoms with Crippen LogP contribution in [0.5, 0.6) is 0 Å². The number of hydrogen-bond donors (Lipinski definition) is 3. The highest BCUT2D eigenvalue weighted by Crippen LogP contribution is 2.17. The van der Waals surface area contributed by atoms with Crippen LogP contribution in [0.15, 0.2) is 60.3 Å². The average molecular weight is 378 g/mol. The number of nitrogen functional groups attached to an aromatic ring is 1.